The second-order valence-electron chi connectivity index (χ2n) is 4.71. The number of piperidine rings is 1. The summed E-state index contributed by atoms with van der Waals surface area (Å²) in [4.78, 5) is 13.8. The Morgan fingerprint density at radius 2 is 2.17 bits per heavy atom. The number of nitrogens with zero attached hydrogens (tertiary/aromatic N) is 1. The summed E-state index contributed by atoms with van der Waals surface area (Å²) in [5, 5.41) is 0. The smallest absolute Gasteiger partial charge is 0.337 e. The maximum Gasteiger partial charge on any atom is 0.337 e. The highest BCUT2D eigenvalue weighted by Gasteiger charge is 2.18. The van der Waals surface area contributed by atoms with E-state index >= 15 is 0 Å². The maximum absolute atomic E-state index is 11.5. The summed E-state index contributed by atoms with van der Waals surface area (Å²) in [7, 11) is 1.40. The Morgan fingerprint density at radius 3 is 2.78 bits per heavy atom. The fourth-order valence-electron chi connectivity index (χ4n) is 2.37. The lowest BCUT2D eigenvalue weighted by Crippen LogP contribution is -2.36. The first kappa shape index (κ1) is 12.9. The summed E-state index contributed by atoms with van der Waals surface area (Å²) in [5.41, 5.74) is 7.39. The van der Waals surface area contributed by atoms with Crippen LogP contribution < -0.4 is 10.6 Å². The molecular weight excluding hydrogens is 228 g/mol. The summed E-state index contributed by atoms with van der Waals surface area (Å²) < 4.78 is 4.74. The van der Waals surface area contributed by atoms with Crippen molar-refractivity contribution in [3.63, 3.8) is 0 Å². The first-order valence-electron chi connectivity index (χ1n) is 6.38. The Morgan fingerprint density at radius 1 is 1.44 bits per heavy atom. The van der Waals surface area contributed by atoms with Crippen LogP contribution in [0.4, 0.5) is 5.69 Å². The predicted octanol–water partition coefficient (Wildman–Crippen LogP) is 1.65. The zero-order chi connectivity index (χ0) is 13.0. The quantitative estimate of drug-likeness (QED) is 0.826. The Hall–Kier alpha value is -1.55. The molecule has 0 radical (unpaired) electrons. The molecule has 0 atom stereocenters. The van der Waals surface area contributed by atoms with E-state index in [9.17, 15) is 4.79 Å². The van der Waals surface area contributed by atoms with Gasteiger partial charge in [-0.2, -0.15) is 0 Å². The van der Waals surface area contributed by atoms with Crippen LogP contribution in [0.3, 0.4) is 0 Å². The molecule has 18 heavy (non-hydrogen) atoms. The molecular formula is C14H20N2O2. The number of hydrogen-bond acceptors (Lipinski definition) is 4. The van der Waals surface area contributed by atoms with Crippen molar-refractivity contribution >= 4 is 11.7 Å². The molecule has 1 aromatic carbocycles. The normalized spacial score (nSPS) is 16.7. The van der Waals surface area contributed by atoms with Crippen LogP contribution in [0.5, 0.6) is 0 Å². The van der Waals surface area contributed by atoms with Gasteiger partial charge in [-0.1, -0.05) is 6.07 Å². The minimum absolute atomic E-state index is 0.284. The van der Waals surface area contributed by atoms with Gasteiger partial charge in [-0.25, -0.2) is 4.79 Å². The van der Waals surface area contributed by atoms with Crippen LogP contribution in [0, 0.1) is 5.92 Å². The highest BCUT2D eigenvalue weighted by molar-refractivity contribution is 5.90. The number of carbonyl (C=O) groups is 1. The molecule has 4 nitrogen and oxygen atoms in total. The van der Waals surface area contributed by atoms with Crippen molar-refractivity contribution in [1.29, 1.82) is 0 Å². The molecule has 1 heterocycles. The molecule has 2 rings (SSSR count). The molecule has 0 aliphatic carbocycles. The van der Waals surface area contributed by atoms with E-state index in [1.165, 1.54) is 7.11 Å². The van der Waals surface area contributed by atoms with Crippen molar-refractivity contribution in [2.24, 2.45) is 11.7 Å². The van der Waals surface area contributed by atoms with Gasteiger partial charge >= 0.3 is 5.97 Å². The molecule has 0 bridgehead atoms. The van der Waals surface area contributed by atoms with Gasteiger partial charge in [0.15, 0.2) is 0 Å². The van der Waals surface area contributed by atoms with Gasteiger partial charge < -0.3 is 15.4 Å². The predicted molar refractivity (Wildman–Crippen MR) is 71.8 cm³/mol. The fourth-order valence-corrected chi connectivity index (χ4v) is 2.37. The van der Waals surface area contributed by atoms with Crippen LogP contribution >= 0.6 is 0 Å². The van der Waals surface area contributed by atoms with Crippen LogP contribution in [-0.4, -0.2) is 32.7 Å². The maximum atomic E-state index is 11.5. The summed E-state index contributed by atoms with van der Waals surface area (Å²) in [5.74, 6) is 0.360. The molecule has 4 heteroatoms. The number of benzene rings is 1. The second kappa shape index (κ2) is 5.87. The van der Waals surface area contributed by atoms with Crippen LogP contribution in [-0.2, 0) is 4.74 Å². The molecule has 1 aromatic rings. The van der Waals surface area contributed by atoms with Gasteiger partial charge in [0, 0.05) is 18.8 Å². The van der Waals surface area contributed by atoms with Crippen LogP contribution in [0.15, 0.2) is 24.3 Å². The zero-order valence-corrected chi connectivity index (χ0v) is 10.8. The number of ether oxygens (including phenoxy) is 1. The van der Waals surface area contributed by atoms with E-state index in [2.05, 4.69) is 4.90 Å². The molecule has 1 aliphatic rings. The SMILES string of the molecule is COC(=O)c1cccc(N2CCC(CN)CC2)c1. The van der Waals surface area contributed by atoms with Gasteiger partial charge in [0.25, 0.3) is 0 Å². The molecule has 1 aliphatic heterocycles. The lowest BCUT2D eigenvalue weighted by molar-refractivity contribution is 0.0601. The number of hydrogen-bond donors (Lipinski definition) is 1. The lowest BCUT2D eigenvalue weighted by Gasteiger charge is -2.33. The average molecular weight is 248 g/mol. The molecule has 0 unspecified atom stereocenters. The van der Waals surface area contributed by atoms with E-state index in [1.54, 1.807) is 6.07 Å². The van der Waals surface area contributed by atoms with E-state index in [4.69, 9.17) is 10.5 Å². The van der Waals surface area contributed by atoms with Crippen molar-refractivity contribution in [1.82, 2.24) is 0 Å². The first-order valence-corrected chi connectivity index (χ1v) is 6.38. The van der Waals surface area contributed by atoms with Crippen molar-refractivity contribution in [2.45, 2.75) is 12.8 Å². The second-order valence-corrected chi connectivity index (χ2v) is 4.71. The Balaban J connectivity index is 2.07. The Kier molecular flexibility index (Phi) is 4.20. The van der Waals surface area contributed by atoms with E-state index in [-0.39, 0.29) is 5.97 Å². The highest BCUT2D eigenvalue weighted by Crippen LogP contribution is 2.23. The van der Waals surface area contributed by atoms with Gasteiger partial charge in [-0.3, -0.25) is 0 Å². The third-order valence-electron chi connectivity index (χ3n) is 3.58. The van der Waals surface area contributed by atoms with Crippen LogP contribution in [0.25, 0.3) is 0 Å². The minimum Gasteiger partial charge on any atom is -0.465 e. The molecule has 0 spiro atoms. The van der Waals surface area contributed by atoms with Crippen molar-refractivity contribution < 1.29 is 9.53 Å². The Bertz CT molecular complexity index is 412. The van der Waals surface area contributed by atoms with E-state index in [0.717, 1.165) is 38.2 Å². The van der Waals surface area contributed by atoms with Crippen molar-refractivity contribution in [3.05, 3.63) is 29.8 Å². The first-order chi connectivity index (χ1) is 8.74. The molecule has 1 saturated heterocycles. The van der Waals surface area contributed by atoms with E-state index in [1.807, 2.05) is 18.2 Å². The fraction of sp³-hybridized carbons (Fsp3) is 0.500. The highest BCUT2D eigenvalue weighted by atomic mass is 16.5. The van der Waals surface area contributed by atoms with Gasteiger partial charge in [0.2, 0.25) is 0 Å². The van der Waals surface area contributed by atoms with Crippen LogP contribution in [0.2, 0.25) is 0 Å². The molecule has 1 fully saturated rings. The van der Waals surface area contributed by atoms with Gasteiger partial charge in [-0.15, -0.1) is 0 Å². The number of methoxy groups -OCH3 is 1. The molecule has 0 saturated carbocycles. The lowest BCUT2D eigenvalue weighted by atomic mass is 9.96. The molecule has 0 aromatic heterocycles. The molecule has 2 N–H and O–H groups in total. The standard InChI is InChI=1S/C14H20N2O2/c1-18-14(17)12-3-2-4-13(9-12)16-7-5-11(10-15)6-8-16/h2-4,9,11H,5-8,10,15H2,1H3. The van der Waals surface area contributed by atoms with Crippen LogP contribution in [0.1, 0.15) is 23.2 Å². The Labute approximate surface area is 108 Å². The van der Waals surface area contributed by atoms with E-state index < -0.39 is 0 Å². The van der Waals surface area contributed by atoms with Gasteiger partial charge in [-0.05, 0) is 43.5 Å². The topological polar surface area (TPSA) is 55.6 Å². The number of rotatable bonds is 3. The monoisotopic (exact) mass is 248 g/mol. The number of nitrogens with two attached hydrogens (primary N) is 1. The summed E-state index contributed by atoms with van der Waals surface area (Å²) in [6.07, 6.45) is 2.25. The summed E-state index contributed by atoms with van der Waals surface area (Å²) >= 11 is 0. The number of esters is 1. The van der Waals surface area contributed by atoms with Crippen molar-refractivity contribution in [3.8, 4) is 0 Å². The minimum atomic E-state index is -0.284. The third-order valence-corrected chi connectivity index (χ3v) is 3.58. The number of carbonyl (C=O) groups excluding carboxylic acids is 1. The number of anilines is 1. The summed E-state index contributed by atoms with van der Waals surface area (Å²) in [6.45, 7) is 2.79. The van der Waals surface area contributed by atoms with Gasteiger partial charge in [0.05, 0.1) is 12.7 Å². The molecule has 98 valence electrons. The molecule has 0 amide bonds. The third kappa shape index (κ3) is 2.82. The largest absolute Gasteiger partial charge is 0.465 e. The zero-order valence-electron chi connectivity index (χ0n) is 10.8. The van der Waals surface area contributed by atoms with Gasteiger partial charge in [0.1, 0.15) is 0 Å². The van der Waals surface area contributed by atoms with Crippen molar-refractivity contribution in [2.75, 3.05) is 31.6 Å². The summed E-state index contributed by atoms with van der Waals surface area (Å²) in [6, 6.07) is 7.61. The average Bonchev–Trinajstić information content (AvgIpc) is 2.46. The van der Waals surface area contributed by atoms with E-state index in [0.29, 0.717) is 11.5 Å².